The van der Waals surface area contributed by atoms with E-state index < -0.39 is 59.7 Å². The van der Waals surface area contributed by atoms with Crippen LogP contribution < -0.4 is 27.4 Å². The van der Waals surface area contributed by atoms with E-state index in [0.29, 0.717) is 11.3 Å². The van der Waals surface area contributed by atoms with Crippen LogP contribution in [0.4, 0.5) is 0 Å². The topological polar surface area (TPSA) is 260 Å². The van der Waals surface area contributed by atoms with E-state index in [4.69, 9.17) is 16.6 Å². The van der Waals surface area contributed by atoms with Gasteiger partial charge in [-0.25, -0.2) is 9.78 Å². The first kappa shape index (κ1) is 31.4. The molecule has 1 aromatic carbocycles. The number of carbonyl (C=O) groups is 6. The van der Waals surface area contributed by atoms with Crippen LogP contribution in [-0.2, 0) is 41.6 Å². The number of carbonyl (C=O) groups excluding carboxylic acids is 4. The molecule has 15 heteroatoms. The van der Waals surface area contributed by atoms with Crippen LogP contribution in [0.2, 0.25) is 0 Å². The number of aromatic amines is 1. The van der Waals surface area contributed by atoms with Crippen LogP contribution in [0.5, 0.6) is 0 Å². The zero-order valence-corrected chi connectivity index (χ0v) is 21.5. The van der Waals surface area contributed by atoms with Gasteiger partial charge < -0.3 is 42.6 Å². The highest BCUT2D eigenvalue weighted by Gasteiger charge is 2.31. The Morgan fingerprint density at radius 2 is 1.45 bits per heavy atom. The van der Waals surface area contributed by atoms with E-state index >= 15 is 0 Å². The van der Waals surface area contributed by atoms with E-state index in [9.17, 15) is 33.9 Å². The number of aliphatic carboxylic acids is 2. The summed E-state index contributed by atoms with van der Waals surface area (Å²) in [5.74, 6) is -5.72. The Labute approximate surface area is 229 Å². The van der Waals surface area contributed by atoms with Crippen LogP contribution in [0.25, 0.3) is 0 Å². The van der Waals surface area contributed by atoms with Crippen molar-refractivity contribution in [2.45, 2.75) is 62.7 Å². The summed E-state index contributed by atoms with van der Waals surface area (Å²) in [5, 5.41) is 25.8. The van der Waals surface area contributed by atoms with Gasteiger partial charge in [-0.15, -0.1) is 0 Å². The predicted molar refractivity (Wildman–Crippen MR) is 139 cm³/mol. The molecule has 4 atom stereocenters. The first-order valence-corrected chi connectivity index (χ1v) is 12.4. The molecule has 4 unspecified atom stereocenters. The number of amides is 4. The number of H-pyrrole nitrogens is 1. The lowest BCUT2D eigenvalue weighted by molar-refractivity contribution is -0.142. The van der Waals surface area contributed by atoms with E-state index in [1.165, 1.54) is 12.5 Å². The van der Waals surface area contributed by atoms with Crippen LogP contribution in [-0.4, -0.2) is 79.9 Å². The van der Waals surface area contributed by atoms with Gasteiger partial charge in [0, 0.05) is 37.6 Å². The van der Waals surface area contributed by atoms with Gasteiger partial charge in [-0.05, 0) is 18.4 Å². The molecule has 0 saturated heterocycles. The Kier molecular flexibility index (Phi) is 12.2. The largest absolute Gasteiger partial charge is 0.481 e. The van der Waals surface area contributed by atoms with Crippen LogP contribution in [0.3, 0.4) is 0 Å². The molecule has 0 radical (unpaired) electrons. The van der Waals surface area contributed by atoms with E-state index in [2.05, 4.69) is 25.9 Å². The summed E-state index contributed by atoms with van der Waals surface area (Å²) in [5.41, 5.74) is 12.0. The van der Waals surface area contributed by atoms with E-state index in [-0.39, 0.29) is 38.5 Å². The zero-order chi connectivity index (χ0) is 29.7. The van der Waals surface area contributed by atoms with Crippen molar-refractivity contribution in [3.63, 3.8) is 0 Å². The Morgan fingerprint density at radius 1 is 0.825 bits per heavy atom. The Balaban J connectivity index is 2.20. The summed E-state index contributed by atoms with van der Waals surface area (Å²) in [7, 11) is 0. The van der Waals surface area contributed by atoms with Gasteiger partial charge in [-0.3, -0.25) is 24.0 Å². The number of aromatic nitrogens is 2. The number of benzene rings is 1. The first-order valence-electron chi connectivity index (χ1n) is 12.4. The monoisotopic (exact) mass is 559 g/mol. The number of hydrogen-bond acceptors (Lipinski definition) is 8. The smallest absolute Gasteiger partial charge is 0.326 e. The minimum Gasteiger partial charge on any atom is -0.481 e. The average molecular weight is 560 g/mol. The number of nitrogens with zero attached hydrogens (tertiary/aromatic N) is 1. The third-order valence-corrected chi connectivity index (χ3v) is 5.83. The number of carboxylic acids is 2. The molecular formula is C25H33N7O8. The average Bonchev–Trinajstić information content (AvgIpc) is 3.42. The maximum Gasteiger partial charge on any atom is 0.326 e. The molecule has 0 saturated carbocycles. The summed E-state index contributed by atoms with van der Waals surface area (Å²) in [6.07, 6.45) is 1.54. The predicted octanol–water partition coefficient (Wildman–Crippen LogP) is -1.81. The molecule has 0 aliphatic heterocycles. The number of primary amides is 1. The van der Waals surface area contributed by atoms with Gasteiger partial charge in [-0.1, -0.05) is 30.3 Å². The second-order valence-electron chi connectivity index (χ2n) is 9.04. The molecule has 216 valence electrons. The number of nitrogens with one attached hydrogen (secondary N) is 4. The van der Waals surface area contributed by atoms with Crippen molar-refractivity contribution in [3.05, 3.63) is 54.1 Å². The van der Waals surface area contributed by atoms with Crippen LogP contribution in [0.1, 0.15) is 36.9 Å². The number of imidazole rings is 1. The van der Waals surface area contributed by atoms with Crippen molar-refractivity contribution in [2.24, 2.45) is 11.5 Å². The summed E-state index contributed by atoms with van der Waals surface area (Å²) in [6, 6.07) is 3.41. The number of carboxylic acid groups (broad SMARTS) is 2. The van der Waals surface area contributed by atoms with Crippen LogP contribution in [0, 0.1) is 0 Å². The number of rotatable bonds is 17. The number of nitrogens with two attached hydrogens (primary N) is 2. The maximum atomic E-state index is 13.2. The quantitative estimate of drug-likeness (QED) is 0.108. The van der Waals surface area contributed by atoms with Crippen molar-refractivity contribution in [1.82, 2.24) is 25.9 Å². The van der Waals surface area contributed by atoms with Crippen molar-refractivity contribution in [2.75, 3.05) is 0 Å². The minimum atomic E-state index is -1.35. The highest BCUT2D eigenvalue weighted by molar-refractivity contribution is 5.94. The van der Waals surface area contributed by atoms with Gasteiger partial charge >= 0.3 is 11.9 Å². The van der Waals surface area contributed by atoms with Gasteiger partial charge in [0.25, 0.3) is 0 Å². The third kappa shape index (κ3) is 10.9. The SMILES string of the molecule is NC(=O)CCC(NC(=O)C(N)CCC(=O)O)C(=O)NC(Cc1cnc[nH]1)C(=O)NC(Cc1ccccc1)C(=O)O. The molecule has 1 aromatic heterocycles. The molecule has 0 aliphatic carbocycles. The fourth-order valence-corrected chi connectivity index (χ4v) is 3.66. The summed E-state index contributed by atoms with van der Waals surface area (Å²) < 4.78 is 0. The van der Waals surface area contributed by atoms with Gasteiger partial charge in [-0.2, -0.15) is 0 Å². The van der Waals surface area contributed by atoms with Crippen molar-refractivity contribution < 1.29 is 39.0 Å². The molecule has 2 aromatic rings. The summed E-state index contributed by atoms with van der Waals surface area (Å²) in [4.78, 5) is 79.6. The van der Waals surface area contributed by atoms with E-state index in [0.717, 1.165) is 0 Å². The Morgan fingerprint density at radius 3 is 2.02 bits per heavy atom. The molecule has 10 N–H and O–H groups in total. The lowest BCUT2D eigenvalue weighted by Crippen LogP contribution is -2.58. The van der Waals surface area contributed by atoms with Gasteiger partial charge in [0.2, 0.25) is 23.6 Å². The lowest BCUT2D eigenvalue weighted by Gasteiger charge is -2.25. The zero-order valence-electron chi connectivity index (χ0n) is 21.5. The second-order valence-corrected chi connectivity index (χ2v) is 9.04. The molecule has 0 spiro atoms. The van der Waals surface area contributed by atoms with Crippen LogP contribution in [0.15, 0.2) is 42.9 Å². The molecule has 15 nitrogen and oxygen atoms in total. The highest BCUT2D eigenvalue weighted by Crippen LogP contribution is 2.07. The van der Waals surface area contributed by atoms with Crippen molar-refractivity contribution in [1.29, 1.82) is 0 Å². The fourth-order valence-electron chi connectivity index (χ4n) is 3.66. The van der Waals surface area contributed by atoms with Crippen molar-refractivity contribution in [3.8, 4) is 0 Å². The molecular weight excluding hydrogens is 526 g/mol. The van der Waals surface area contributed by atoms with Gasteiger partial charge in [0.1, 0.15) is 18.1 Å². The number of hydrogen-bond donors (Lipinski definition) is 8. The normalized spacial score (nSPS) is 13.7. The lowest BCUT2D eigenvalue weighted by atomic mass is 10.0. The molecule has 4 amide bonds. The maximum absolute atomic E-state index is 13.2. The summed E-state index contributed by atoms with van der Waals surface area (Å²) >= 11 is 0. The van der Waals surface area contributed by atoms with E-state index in [1.54, 1.807) is 30.3 Å². The molecule has 1 heterocycles. The standard InChI is InChI=1S/C25H33N7O8/c26-16(6-9-21(34)35)22(36)30-17(7-8-20(27)33)23(37)31-18(11-15-12-28-13-29-15)24(38)32-19(25(39)40)10-14-4-2-1-3-5-14/h1-5,12-13,16-19H,6-11,26H2,(H2,27,33)(H,28,29)(H,30,36)(H,31,37)(H,32,38)(H,34,35)(H,39,40). The van der Waals surface area contributed by atoms with Gasteiger partial charge in [0.05, 0.1) is 12.4 Å². The Bertz CT molecular complexity index is 1170. The second kappa shape index (κ2) is 15.6. The highest BCUT2D eigenvalue weighted by atomic mass is 16.4. The molecule has 0 aliphatic rings. The molecule has 0 bridgehead atoms. The summed E-state index contributed by atoms with van der Waals surface area (Å²) in [6.45, 7) is 0. The van der Waals surface area contributed by atoms with Crippen molar-refractivity contribution >= 4 is 35.6 Å². The first-order chi connectivity index (χ1) is 19.0. The molecule has 40 heavy (non-hydrogen) atoms. The van der Waals surface area contributed by atoms with Crippen LogP contribution >= 0.6 is 0 Å². The minimum absolute atomic E-state index is 0.0157. The Hall–Kier alpha value is -4.79. The molecule has 2 rings (SSSR count). The van der Waals surface area contributed by atoms with Gasteiger partial charge in [0.15, 0.2) is 0 Å². The molecule has 0 fully saturated rings. The fraction of sp³-hybridized carbons (Fsp3) is 0.400. The van der Waals surface area contributed by atoms with E-state index in [1.807, 2.05) is 0 Å². The third-order valence-electron chi connectivity index (χ3n) is 5.83.